The molecular weight excluding hydrogens is 550 g/mol. The zero-order valence-corrected chi connectivity index (χ0v) is 22.7. The van der Waals surface area contributed by atoms with Crippen molar-refractivity contribution in [3.05, 3.63) is 94.6 Å². The molecule has 8 nitrogen and oxygen atoms in total. The highest BCUT2D eigenvalue weighted by atomic mass is 79.9. The number of anilines is 1. The van der Waals surface area contributed by atoms with Crippen molar-refractivity contribution in [3.63, 3.8) is 0 Å². The van der Waals surface area contributed by atoms with Crippen molar-refractivity contribution in [1.29, 1.82) is 0 Å². The van der Waals surface area contributed by atoms with Gasteiger partial charge in [0.15, 0.2) is 18.1 Å². The molecule has 38 heavy (non-hydrogen) atoms. The first-order valence-electron chi connectivity index (χ1n) is 11.7. The number of aromatic nitrogens is 2. The van der Waals surface area contributed by atoms with Gasteiger partial charge >= 0.3 is 5.97 Å². The van der Waals surface area contributed by atoms with Crippen LogP contribution in [-0.4, -0.2) is 42.5 Å². The van der Waals surface area contributed by atoms with Crippen molar-refractivity contribution >= 4 is 39.6 Å². The standard InChI is InChI=1S/C29H26BrN3O5/c1-19-9-12-24(23(30)15-19)31-27(34)18-38-28(35)14-11-21-17-33(22-7-5-4-6-8-22)32-29(21)20-10-13-25(36-2)26(16-20)37-3/h4-17H,18H2,1-3H3,(H,31,34). The number of ether oxygens (including phenoxy) is 3. The average Bonchev–Trinajstić information content (AvgIpc) is 3.36. The largest absolute Gasteiger partial charge is 0.493 e. The predicted octanol–water partition coefficient (Wildman–Crippen LogP) is 5.82. The summed E-state index contributed by atoms with van der Waals surface area (Å²) in [6, 6.07) is 20.6. The minimum absolute atomic E-state index is 0.421. The molecule has 0 saturated heterocycles. The number of nitrogens with zero attached hydrogens (tertiary/aromatic N) is 2. The zero-order valence-electron chi connectivity index (χ0n) is 21.1. The maximum absolute atomic E-state index is 12.4. The van der Waals surface area contributed by atoms with Crippen LogP contribution in [0.25, 0.3) is 23.0 Å². The van der Waals surface area contributed by atoms with Crippen molar-refractivity contribution in [3.8, 4) is 28.4 Å². The van der Waals surface area contributed by atoms with Crippen molar-refractivity contribution in [2.75, 3.05) is 26.1 Å². The van der Waals surface area contributed by atoms with Crippen LogP contribution in [0.15, 0.2) is 83.5 Å². The molecule has 1 amide bonds. The molecule has 4 aromatic rings. The summed E-state index contributed by atoms with van der Waals surface area (Å²) in [6.45, 7) is 1.53. The third kappa shape index (κ3) is 6.49. The van der Waals surface area contributed by atoms with Crippen LogP contribution in [-0.2, 0) is 14.3 Å². The number of para-hydroxylation sites is 1. The van der Waals surface area contributed by atoms with Gasteiger partial charge in [0.1, 0.15) is 5.69 Å². The lowest BCUT2D eigenvalue weighted by atomic mass is 10.1. The molecule has 0 saturated carbocycles. The van der Waals surface area contributed by atoms with Crippen molar-refractivity contribution in [2.24, 2.45) is 0 Å². The number of hydrogen-bond donors (Lipinski definition) is 1. The van der Waals surface area contributed by atoms with Crippen molar-refractivity contribution in [1.82, 2.24) is 9.78 Å². The number of aryl methyl sites for hydroxylation is 1. The van der Waals surface area contributed by atoms with E-state index in [9.17, 15) is 9.59 Å². The van der Waals surface area contributed by atoms with Crippen LogP contribution < -0.4 is 14.8 Å². The number of carbonyl (C=O) groups is 2. The molecule has 0 aliphatic rings. The van der Waals surface area contributed by atoms with Crippen LogP contribution in [0.3, 0.4) is 0 Å². The molecule has 0 fully saturated rings. The smallest absolute Gasteiger partial charge is 0.331 e. The Morgan fingerprint density at radius 2 is 1.76 bits per heavy atom. The van der Waals surface area contributed by atoms with Crippen LogP contribution in [0.2, 0.25) is 0 Å². The number of hydrogen-bond acceptors (Lipinski definition) is 6. The number of rotatable bonds is 9. The third-order valence-electron chi connectivity index (χ3n) is 5.56. The van der Waals surface area contributed by atoms with Gasteiger partial charge in [-0.2, -0.15) is 5.10 Å². The van der Waals surface area contributed by atoms with Crippen molar-refractivity contribution < 1.29 is 23.8 Å². The first kappa shape index (κ1) is 26.7. The summed E-state index contributed by atoms with van der Waals surface area (Å²) < 4.78 is 18.4. The van der Waals surface area contributed by atoms with Crippen LogP contribution in [0.4, 0.5) is 5.69 Å². The molecule has 0 aliphatic heterocycles. The first-order chi connectivity index (χ1) is 18.4. The molecular formula is C29H26BrN3O5. The molecule has 1 aromatic heterocycles. The molecule has 1 N–H and O–H groups in total. The fourth-order valence-electron chi connectivity index (χ4n) is 3.68. The van der Waals surface area contributed by atoms with Gasteiger partial charge in [-0.15, -0.1) is 0 Å². The van der Waals surface area contributed by atoms with E-state index in [4.69, 9.17) is 19.3 Å². The Labute approximate surface area is 229 Å². The van der Waals surface area contributed by atoms with Gasteiger partial charge in [0.25, 0.3) is 5.91 Å². The molecule has 0 unspecified atom stereocenters. The Morgan fingerprint density at radius 3 is 2.47 bits per heavy atom. The summed E-state index contributed by atoms with van der Waals surface area (Å²) in [5.74, 6) is 0.0447. The first-order valence-corrected chi connectivity index (χ1v) is 12.5. The monoisotopic (exact) mass is 575 g/mol. The zero-order chi connectivity index (χ0) is 27.1. The second-order valence-electron chi connectivity index (χ2n) is 8.26. The average molecular weight is 576 g/mol. The molecule has 0 radical (unpaired) electrons. The highest BCUT2D eigenvalue weighted by Gasteiger charge is 2.14. The number of nitrogens with one attached hydrogen (secondary N) is 1. The van der Waals surface area contributed by atoms with E-state index in [1.807, 2.05) is 67.7 Å². The maximum Gasteiger partial charge on any atom is 0.331 e. The summed E-state index contributed by atoms with van der Waals surface area (Å²) in [6.07, 6.45) is 4.69. The maximum atomic E-state index is 12.4. The molecule has 3 aromatic carbocycles. The summed E-state index contributed by atoms with van der Waals surface area (Å²) in [4.78, 5) is 24.7. The molecule has 0 bridgehead atoms. The molecule has 1 heterocycles. The van der Waals surface area contributed by atoms with E-state index < -0.39 is 18.5 Å². The van der Waals surface area contributed by atoms with Crippen LogP contribution in [0.1, 0.15) is 11.1 Å². The molecule has 0 aliphatic carbocycles. The minimum Gasteiger partial charge on any atom is -0.493 e. The number of methoxy groups -OCH3 is 2. The topological polar surface area (TPSA) is 91.7 Å². The number of benzene rings is 3. The van der Waals surface area contributed by atoms with Gasteiger partial charge in [-0.1, -0.05) is 24.3 Å². The Kier molecular flexibility index (Phi) is 8.60. The number of halogens is 1. The summed E-state index contributed by atoms with van der Waals surface area (Å²) in [5, 5.41) is 7.46. The van der Waals surface area contributed by atoms with Gasteiger partial charge < -0.3 is 19.5 Å². The van der Waals surface area contributed by atoms with E-state index in [1.54, 1.807) is 37.1 Å². The molecule has 194 valence electrons. The van der Waals surface area contributed by atoms with Crippen LogP contribution in [0.5, 0.6) is 11.5 Å². The lowest BCUT2D eigenvalue weighted by molar-refractivity contribution is -0.142. The van der Waals surface area contributed by atoms with Crippen molar-refractivity contribution in [2.45, 2.75) is 6.92 Å². The van der Waals surface area contributed by atoms with E-state index >= 15 is 0 Å². The SMILES string of the molecule is COc1ccc(-c2nn(-c3ccccc3)cc2C=CC(=O)OCC(=O)Nc2ccc(C)cc2Br)cc1OC. The Morgan fingerprint density at radius 1 is 1.00 bits per heavy atom. The van der Waals surface area contributed by atoms with Gasteiger partial charge in [-0.3, -0.25) is 4.79 Å². The normalized spacial score (nSPS) is 10.8. The van der Waals surface area contributed by atoms with Crippen LogP contribution in [0, 0.1) is 6.92 Å². The third-order valence-corrected chi connectivity index (χ3v) is 6.22. The number of amides is 1. The highest BCUT2D eigenvalue weighted by molar-refractivity contribution is 9.10. The molecule has 0 spiro atoms. The van der Waals surface area contributed by atoms with Gasteiger partial charge in [-0.05, 0) is 77.0 Å². The summed E-state index contributed by atoms with van der Waals surface area (Å²) in [5.41, 5.74) is 4.57. The fourth-order valence-corrected chi connectivity index (χ4v) is 4.27. The second-order valence-corrected chi connectivity index (χ2v) is 9.11. The van der Waals surface area contributed by atoms with Gasteiger partial charge in [0, 0.05) is 27.9 Å². The van der Waals surface area contributed by atoms with E-state index in [0.717, 1.165) is 21.3 Å². The minimum atomic E-state index is -0.658. The summed E-state index contributed by atoms with van der Waals surface area (Å²) >= 11 is 3.41. The Hall–Kier alpha value is -4.37. The fraction of sp³-hybridized carbons (Fsp3) is 0.138. The van der Waals surface area contributed by atoms with E-state index in [-0.39, 0.29) is 0 Å². The number of carbonyl (C=O) groups excluding carboxylic acids is 2. The van der Waals surface area contributed by atoms with Gasteiger partial charge in [0.2, 0.25) is 0 Å². The quantitative estimate of drug-likeness (QED) is 0.199. The van der Waals surface area contributed by atoms with Gasteiger partial charge in [-0.25, -0.2) is 9.48 Å². The molecule has 0 atom stereocenters. The highest BCUT2D eigenvalue weighted by Crippen LogP contribution is 2.34. The second kappa shape index (κ2) is 12.2. The predicted molar refractivity (Wildman–Crippen MR) is 150 cm³/mol. The van der Waals surface area contributed by atoms with Gasteiger partial charge in [0.05, 0.1) is 25.6 Å². The van der Waals surface area contributed by atoms with E-state index in [0.29, 0.717) is 28.4 Å². The lowest BCUT2D eigenvalue weighted by Gasteiger charge is -2.09. The summed E-state index contributed by atoms with van der Waals surface area (Å²) in [7, 11) is 3.13. The lowest BCUT2D eigenvalue weighted by Crippen LogP contribution is -2.20. The Bertz CT molecular complexity index is 1480. The molecule has 9 heteroatoms. The Balaban J connectivity index is 1.52. The van der Waals surface area contributed by atoms with Crippen LogP contribution >= 0.6 is 15.9 Å². The van der Waals surface area contributed by atoms with E-state index in [1.165, 1.54) is 6.08 Å². The van der Waals surface area contributed by atoms with E-state index in [2.05, 4.69) is 21.2 Å². The number of esters is 1. The molecule has 4 rings (SSSR count).